The van der Waals surface area contributed by atoms with Crippen molar-refractivity contribution in [3.8, 4) is 0 Å². The monoisotopic (exact) mass is 370 g/mol. The lowest BCUT2D eigenvalue weighted by Gasteiger charge is -2.17. The third-order valence-corrected chi connectivity index (χ3v) is 4.13. The van der Waals surface area contributed by atoms with E-state index in [2.05, 4.69) is 4.98 Å². The van der Waals surface area contributed by atoms with Gasteiger partial charge in [0.2, 0.25) is 11.3 Å². The van der Waals surface area contributed by atoms with Crippen LogP contribution < -0.4 is 0 Å². The summed E-state index contributed by atoms with van der Waals surface area (Å²) in [5.41, 5.74) is 0.766. The Bertz CT molecular complexity index is 746. The van der Waals surface area contributed by atoms with Crippen LogP contribution >= 0.6 is 0 Å². The Morgan fingerprint density at radius 2 is 2.04 bits per heavy atom. The molecular weight excluding hydrogens is 354 g/mol. The fourth-order valence-electron chi connectivity index (χ4n) is 2.02. The summed E-state index contributed by atoms with van der Waals surface area (Å²) in [6.45, 7) is 0.0230. The zero-order chi connectivity index (χ0) is 18.2. The first-order valence-electron chi connectivity index (χ1n) is 7.34. The molecule has 2 rings (SSSR count). The Labute approximate surface area is 145 Å². The molecule has 0 amide bonds. The van der Waals surface area contributed by atoms with Gasteiger partial charge in [-0.1, -0.05) is 6.07 Å². The second-order valence-electron chi connectivity index (χ2n) is 5.04. The van der Waals surface area contributed by atoms with Crippen LogP contribution in [0.3, 0.4) is 0 Å². The van der Waals surface area contributed by atoms with Gasteiger partial charge in [-0.3, -0.25) is 9.54 Å². The van der Waals surface area contributed by atoms with Gasteiger partial charge in [0.15, 0.2) is 11.6 Å². The molecule has 0 fully saturated rings. The molecule has 1 aromatic carbocycles. The summed E-state index contributed by atoms with van der Waals surface area (Å²) in [7, 11) is 0. The van der Waals surface area contributed by atoms with Crippen LogP contribution in [0.25, 0.3) is 0 Å². The lowest BCUT2D eigenvalue weighted by molar-refractivity contribution is 0.0488. The first-order valence-corrected chi connectivity index (χ1v) is 8.40. The summed E-state index contributed by atoms with van der Waals surface area (Å²) in [5, 5.41) is 0. The Kier molecular flexibility index (Phi) is 7.11. The molecule has 1 N–H and O–H groups in total. The van der Waals surface area contributed by atoms with Crippen molar-refractivity contribution in [1.29, 1.82) is 0 Å². The quantitative estimate of drug-likeness (QED) is 0.569. The molecule has 0 radical (unpaired) electrons. The van der Waals surface area contributed by atoms with Crippen LogP contribution in [0, 0.1) is 11.6 Å². The highest BCUT2D eigenvalue weighted by Crippen LogP contribution is 2.10. The number of hydrogen-bond donors (Lipinski definition) is 1. The average molecular weight is 370 g/mol. The Morgan fingerprint density at radius 1 is 1.24 bits per heavy atom. The predicted octanol–water partition coefficient (Wildman–Crippen LogP) is 2.20. The Balaban J connectivity index is 1.83. The van der Waals surface area contributed by atoms with Crippen LogP contribution in [0.1, 0.15) is 15.9 Å². The largest absolute Gasteiger partial charge is 0.461 e. The van der Waals surface area contributed by atoms with Crippen molar-refractivity contribution in [3.05, 3.63) is 65.5 Å². The zero-order valence-corrected chi connectivity index (χ0v) is 13.9. The fourth-order valence-corrected chi connectivity index (χ4v) is 2.50. The van der Waals surface area contributed by atoms with Gasteiger partial charge in [-0.15, -0.1) is 0 Å². The van der Waals surface area contributed by atoms with Gasteiger partial charge < -0.3 is 4.74 Å². The van der Waals surface area contributed by atoms with Gasteiger partial charge in [0, 0.05) is 25.5 Å². The highest BCUT2D eigenvalue weighted by Gasteiger charge is 2.14. The first-order chi connectivity index (χ1) is 12.0. The number of nitrogens with zero attached hydrogens (tertiary/aromatic N) is 2. The van der Waals surface area contributed by atoms with E-state index in [4.69, 9.17) is 4.74 Å². The van der Waals surface area contributed by atoms with Gasteiger partial charge in [-0.25, -0.2) is 17.8 Å². The number of ether oxygens (including phenoxy) is 1. The maximum absolute atomic E-state index is 13.2. The normalized spacial score (nSPS) is 12.2. The van der Waals surface area contributed by atoms with Gasteiger partial charge in [0.1, 0.15) is 6.61 Å². The minimum absolute atomic E-state index is 0.0127. The van der Waals surface area contributed by atoms with Crippen LogP contribution in [-0.4, -0.2) is 43.7 Å². The van der Waals surface area contributed by atoms with Crippen LogP contribution in [-0.2, 0) is 22.4 Å². The molecule has 134 valence electrons. The van der Waals surface area contributed by atoms with E-state index in [1.54, 1.807) is 12.1 Å². The molecule has 1 unspecified atom stereocenters. The van der Waals surface area contributed by atoms with Crippen molar-refractivity contribution < 1.29 is 27.1 Å². The van der Waals surface area contributed by atoms with E-state index in [0.717, 1.165) is 16.4 Å². The minimum atomic E-state index is -2.28. The standard InChI is InChI=1S/C16H16F2N2O4S/c17-14-4-3-12(10-15(14)18)5-7-20(25(22)23)8-9-24-16(21)13-2-1-6-19-11-13/h1-4,6,10-11H,5,7-9H2,(H,22,23). The number of rotatable bonds is 8. The number of halogens is 2. The molecule has 0 aliphatic carbocycles. The van der Waals surface area contributed by atoms with Crippen molar-refractivity contribution in [1.82, 2.24) is 9.29 Å². The molecule has 6 nitrogen and oxygen atoms in total. The molecule has 0 aliphatic heterocycles. The number of esters is 1. The molecule has 0 bridgehead atoms. The number of aromatic nitrogens is 1. The van der Waals surface area contributed by atoms with Gasteiger partial charge in [-0.2, -0.15) is 4.31 Å². The van der Waals surface area contributed by atoms with E-state index in [1.807, 2.05) is 0 Å². The average Bonchev–Trinajstić information content (AvgIpc) is 2.61. The Hall–Kier alpha value is -2.23. The van der Waals surface area contributed by atoms with Gasteiger partial charge in [-0.05, 0) is 36.2 Å². The maximum atomic E-state index is 13.2. The molecule has 0 aliphatic rings. The minimum Gasteiger partial charge on any atom is -0.461 e. The molecule has 2 aromatic rings. The predicted molar refractivity (Wildman–Crippen MR) is 86.9 cm³/mol. The van der Waals surface area contributed by atoms with E-state index in [0.29, 0.717) is 5.56 Å². The van der Waals surface area contributed by atoms with Crippen molar-refractivity contribution in [2.24, 2.45) is 0 Å². The molecule has 1 aromatic heterocycles. The molecule has 0 spiro atoms. The highest BCUT2D eigenvalue weighted by molar-refractivity contribution is 7.76. The van der Waals surface area contributed by atoms with E-state index in [9.17, 15) is 22.3 Å². The van der Waals surface area contributed by atoms with Crippen LogP contribution in [0.15, 0.2) is 42.7 Å². The van der Waals surface area contributed by atoms with Crippen LogP contribution in [0.5, 0.6) is 0 Å². The molecule has 1 heterocycles. The number of carbonyl (C=O) groups excluding carboxylic acids is 1. The first kappa shape index (κ1) is 19.1. The van der Waals surface area contributed by atoms with Gasteiger partial charge >= 0.3 is 5.97 Å². The number of pyridine rings is 1. The maximum Gasteiger partial charge on any atom is 0.339 e. The summed E-state index contributed by atoms with van der Waals surface area (Å²) >= 11 is -2.28. The lowest BCUT2D eigenvalue weighted by Crippen LogP contribution is -2.32. The molecule has 0 saturated heterocycles. The second kappa shape index (κ2) is 9.30. The van der Waals surface area contributed by atoms with Crippen molar-refractivity contribution in [3.63, 3.8) is 0 Å². The molecule has 1 atom stereocenters. The molecule has 0 saturated carbocycles. The number of carbonyl (C=O) groups is 1. The molecule has 9 heteroatoms. The smallest absolute Gasteiger partial charge is 0.339 e. The topological polar surface area (TPSA) is 79.7 Å². The SMILES string of the molecule is O=C(OCCN(CCc1ccc(F)c(F)c1)S(=O)O)c1cccnc1. The Morgan fingerprint density at radius 3 is 2.68 bits per heavy atom. The van der Waals surface area contributed by atoms with E-state index < -0.39 is 28.9 Å². The third-order valence-electron chi connectivity index (χ3n) is 3.33. The van der Waals surface area contributed by atoms with Crippen LogP contribution in [0.2, 0.25) is 0 Å². The fraction of sp³-hybridized carbons (Fsp3) is 0.250. The van der Waals surface area contributed by atoms with Gasteiger partial charge in [0.05, 0.1) is 5.56 Å². The summed E-state index contributed by atoms with van der Waals surface area (Å²) in [6.07, 6.45) is 3.11. The third kappa shape index (κ3) is 5.96. The summed E-state index contributed by atoms with van der Waals surface area (Å²) in [4.78, 5) is 15.5. The summed E-state index contributed by atoms with van der Waals surface area (Å²) < 4.78 is 52.8. The highest BCUT2D eigenvalue weighted by atomic mass is 32.2. The van der Waals surface area contributed by atoms with Crippen molar-refractivity contribution in [2.45, 2.75) is 6.42 Å². The molecule has 25 heavy (non-hydrogen) atoms. The van der Waals surface area contributed by atoms with Crippen molar-refractivity contribution in [2.75, 3.05) is 19.7 Å². The summed E-state index contributed by atoms with van der Waals surface area (Å²) in [5.74, 6) is -2.51. The van der Waals surface area contributed by atoms with E-state index in [1.165, 1.54) is 18.5 Å². The number of benzene rings is 1. The zero-order valence-electron chi connectivity index (χ0n) is 13.1. The second-order valence-corrected chi connectivity index (χ2v) is 6.01. The lowest BCUT2D eigenvalue weighted by atomic mass is 10.1. The number of hydrogen-bond acceptors (Lipinski definition) is 4. The van der Waals surface area contributed by atoms with Crippen LogP contribution in [0.4, 0.5) is 8.78 Å². The summed E-state index contributed by atoms with van der Waals surface area (Å²) in [6, 6.07) is 6.57. The van der Waals surface area contributed by atoms with E-state index >= 15 is 0 Å². The molecular formula is C16H16F2N2O4S. The van der Waals surface area contributed by atoms with Gasteiger partial charge in [0.25, 0.3) is 0 Å². The van der Waals surface area contributed by atoms with E-state index in [-0.39, 0.29) is 31.7 Å². The van der Waals surface area contributed by atoms with Crippen molar-refractivity contribution >= 4 is 17.2 Å².